The molecule has 0 rings (SSSR count). The molecular weight excluding hydrogens is 282 g/mol. The molecule has 0 saturated heterocycles. The molecular formula is C13H30NO3S2+. The summed E-state index contributed by atoms with van der Waals surface area (Å²) < 4.78 is 28.2. The second-order valence-electron chi connectivity index (χ2n) is 4.83. The maximum atomic E-state index is 11.1. The molecule has 4 nitrogen and oxygen atoms in total. The van der Waals surface area contributed by atoms with Crippen LogP contribution in [0.1, 0.15) is 46.5 Å². The third kappa shape index (κ3) is 8.17. The van der Waals surface area contributed by atoms with Gasteiger partial charge in [0, 0.05) is 0 Å². The van der Waals surface area contributed by atoms with Crippen molar-refractivity contribution in [2.24, 2.45) is 0 Å². The third-order valence-electron chi connectivity index (χ3n) is 3.97. The molecule has 0 aromatic carbocycles. The number of rotatable bonds is 12. The fourth-order valence-corrected chi connectivity index (χ4v) is 3.17. The Labute approximate surface area is 123 Å². The Morgan fingerprint density at radius 3 is 1.95 bits per heavy atom. The van der Waals surface area contributed by atoms with Gasteiger partial charge in [-0.05, 0) is 57.1 Å². The van der Waals surface area contributed by atoms with Crippen molar-refractivity contribution in [3.8, 4) is 0 Å². The van der Waals surface area contributed by atoms with Gasteiger partial charge in [-0.15, -0.1) is 0 Å². The number of hydrogen-bond donors (Lipinski definition) is 0. The van der Waals surface area contributed by atoms with Crippen LogP contribution in [0.2, 0.25) is 0 Å². The molecule has 0 spiro atoms. The zero-order chi connectivity index (χ0) is 14.8. The lowest BCUT2D eigenvalue weighted by atomic mass is 10.1. The van der Waals surface area contributed by atoms with Gasteiger partial charge >= 0.3 is 9.15 Å². The van der Waals surface area contributed by atoms with Crippen LogP contribution in [0, 0.1) is 0 Å². The smallest absolute Gasteiger partial charge is 0.321 e. The van der Waals surface area contributed by atoms with Crippen LogP contribution in [-0.4, -0.2) is 51.9 Å². The number of quaternary nitrogens is 1. The van der Waals surface area contributed by atoms with Crippen molar-refractivity contribution in [2.45, 2.75) is 46.5 Å². The summed E-state index contributed by atoms with van der Waals surface area (Å²) in [4.78, 5) is 0. The topological polar surface area (TPSA) is 43.4 Å². The van der Waals surface area contributed by atoms with E-state index in [0.717, 1.165) is 30.1 Å². The predicted octanol–water partition coefficient (Wildman–Crippen LogP) is 3.05. The summed E-state index contributed by atoms with van der Waals surface area (Å²) in [7, 11) is -2.58. The first-order valence-corrected chi connectivity index (χ1v) is 10.4. The van der Waals surface area contributed by atoms with Crippen LogP contribution >= 0.6 is 10.8 Å². The fourth-order valence-electron chi connectivity index (χ4n) is 2.26. The molecule has 0 unspecified atom stereocenters. The van der Waals surface area contributed by atoms with Gasteiger partial charge in [0.25, 0.3) is 0 Å². The van der Waals surface area contributed by atoms with Crippen molar-refractivity contribution in [3.63, 3.8) is 0 Å². The molecule has 0 bridgehead atoms. The van der Waals surface area contributed by atoms with Gasteiger partial charge < -0.3 is 4.48 Å². The zero-order valence-corrected chi connectivity index (χ0v) is 14.5. The largest absolute Gasteiger partial charge is 0.324 e. The highest BCUT2D eigenvalue weighted by Gasteiger charge is 2.19. The molecule has 0 aliphatic rings. The average molecular weight is 313 g/mol. The van der Waals surface area contributed by atoms with Crippen LogP contribution in [0.4, 0.5) is 0 Å². The first kappa shape index (κ1) is 19.2. The molecule has 0 amide bonds. The predicted molar refractivity (Wildman–Crippen MR) is 83.6 cm³/mol. The van der Waals surface area contributed by atoms with E-state index in [9.17, 15) is 8.42 Å². The molecule has 0 saturated carbocycles. The normalized spacial score (nSPS) is 12.8. The van der Waals surface area contributed by atoms with Crippen LogP contribution in [0.3, 0.4) is 0 Å². The van der Waals surface area contributed by atoms with Crippen molar-refractivity contribution in [2.75, 3.05) is 39.0 Å². The van der Waals surface area contributed by atoms with Gasteiger partial charge in [-0.3, -0.25) is 4.18 Å². The monoisotopic (exact) mass is 312 g/mol. The molecule has 0 atom stereocenters. The Kier molecular flexibility index (Phi) is 10.1. The van der Waals surface area contributed by atoms with Crippen molar-refractivity contribution in [3.05, 3.63) is 0 Å². The summed E-state index contributed by atoms with van der Waals surface area (Å²) in [6.07, 6.45) is 5.76. The van der Waals surface area contributed by atoms with Gasteiger partial charge in [-0.25, -0.2) is 0 Å². The van der Waals surface area contributed by atoms with E-state index < -0.39 is 9.15 Å². The van der Waals surface area contributed by atoms with Crippen LogP contribution < -0.4 is 0 Å². The van der Waals surface area contributed by atoms with E-state index in [1.54, 1.807) is 0 Å². The molecule has 116 valence electrons. The van der Waals surface area contributed by atoms with Gasteiger partial charge in [0.2, 0.25) is 0 Å². The van der Waals surface area contributed by atoms with E-state index in [0.29, 0.717) is 6.61 Å². The van der Waals surface area contributed by atoms with Crippen LogP contribution in [0.25, 0.3) is 0 Å². The molecule has 0 heterocycles. The highest BCUT2D eigenvalue weighted by Crippen LogP contribution is 2.12. The highest BCUT2D eigenvalue weighted by atomic mass is 33.1. The maximum Gasteiger partial charge on any atom is 0.321 e. The second kappa shape index (κ2) is 10.0. The van der Waals surface area contributed by atoms with E-state index >= 15 is 0 Å². The van der Waals surface area contributed by atoms with Gasteiger partial charge in [0.1, 0.15) is 0 Å². The fraction of sp³-hybridized carbons (Fsp3) is 1.00. The Balaban J connectivity index is 3.66. The molecule has 19 heavy (non-hydrogen) atoms. The van der Waals surface area contributed by atoms with Gasteiger partial charge in [-0.1, -0.05) is 6.42 Å². The summed E-state index contributed by atoms with van der Waals surface area (Å²) in [5, 5.41) is 0. The first-order valence-electron chi connectivity index (χ1n) is 7.25. The molecule has 6 heteroatoms. The second-order valence-corrected chi connectivity index (χ2v) is 8.44. The molecule has 0 fully saturated rings. The molecule has 0 N–H and O–H groups in total. The van der Waals surface area contributed by atoms with Gasteiger partial charge in [0.05, 0.1) is 32.8 Å². The minimum absolute atomic E-state index is 0.318. The summed E-state index contributed by atoms with van der Waals surface area (Å²) in [5.74, 6) is 0. The molecule has 0 aliphatic heterocycles. The number of nitrogens with zero attached hydrogens (tertiary/aromatic N) is 1. The van der Waals surface area contributed by atoms with Gasteiger partial charge in [0.15, 0.2) is 0 Å². The lowest BCUT2D eigenvalue weighted by Crippen LogP contribution is -2.48. The quantitative estimate of drug-likeness (QED) is 0.316. The Morgan fingerprint density at radius 2 is 1.47 bits per heavy atom. The maximum absolute atomic E-state index is 11.1. The highest BCUT2D eigenvalue weighted by molar-refractivity contribution is 8.70. The molecule has 0 aliphatic carbocycles. The molecule has 0 radical (unpaired) electrons. The lowest BCUT2D eigenvalue weighted by Gasteiger charge is -2.35. The minimum Gasteiger partial charge on any atom is -0.324 e. The van der Waals surface area contributed by atoms with Crippen molar-refractivity contribution in [1.29, 1.82) is 0 Å². The Hall–Kier alpha value is 0.220. The van der Waals surface area contributed by atoms with E-state index in [1.165, 1.54) is 43.3 Å². The van der Waals surface area contributed by atoms with E-state index in [-0.39, 0.29) is 0 Å². The van der Waals surface area contributed by atoms with Crippen molar-refractivity contribution in [1.82, 2.24) is 0 Å². The number of unbranched alkanes of at least 4 members (excludes halogenated alkanes) is 3. The number of hydrogen-bond acceptors (Lipinski definition) is 4. The van der Waals surface area contributed by atoms with Crippen molar-refractivity contribution >= 4 is 19.9 Å². The minimum atomic E-state index is -3.33. The molecule has 0 aromatic heterocycles. The van der Waals surface area contributed by atoms with Crippen LogP contribution in [0.15, 0.2) is 0 Å². The standard InChI is InChI=1S/C13H30NO3S2/c1-5-14(6-2,7-3)12-10-8-9-11-13-17-19(15,16)18-4/h5-13H2,1-4H3/q+1. The van der Waals surface area contributed by atoms with Crippen LogP contribution in [-0.2, 0) is 13.3 Å². The average Bonchev–Trinajstić information content (AvgIpc) is 2.43. The SMILES string of the molecule is CC[N+](CC)(CC)CCCCCCOS(=O)(=O)SC. The van der Waals surface area contributed by atoms with E-state index in [1.807, 2.05) is 0 Å². The van der Waals surface area contributed by atoms with E-state index in [2.05, 4.69) is 20.8 Å². The zero-order valence-electron chi connectivity index (χ0n) is 12.9. The Morgan fingerprint density at radius 1 is 0.947 bits per heavy atom. The van der Waals surface area contributed by atoms with Gasteiger partial charge in [-0.2, -0.15) is 8.42 Å². The van der Waals surface area contributed by atoms with Crippen molar-refractivity contribution < 1.29 is 17.1 Å². The Bertz CT molecular complexity index is 306. The third-order valence-corrected chi connectivity index (χ3v) is 6.35. The first-order chi connectivity index (χ1) is 8.95. The lowest BCUT2D eigenvalue weighted by molar-refractivity contribution is -0.923. The van der Waals surface area contributed by atoms with E-state index in [4.69, 9.17) is 4.18 Å². The summed E-state index contributed by atoms with van der Waals surface area (Å²) in [5.41, 5.74) is 0. The summed E-state index contributed by atoms with van der Waals surface area (Å²) in [6, 6.07) is 0. The summed E-state index contributed by atoms with van der Waals surface area (Å²) in [6.45, 7) is 11.9. The summed E-state index contributed by atoms with van der Waals surface area (Å²) >= 11 is 0. The molecule has 0 aromatic rings. The van der Waals surface area contributed by atoms with Crippen LogP contribution in [0.5, 0.6) is 0 Å².